The first kappa shape index (κ1) is 14.1. The largest absolute Gasteiger partial charge is 0.396 e. The van der Waals surface area contributed by atoms with Gasteiger partial charge in [-0.3, -0.25) is 4.79 Å². The molecule has 17 heavy (non-hydrogen) atoms. The average molecular weight is 256 g/mol. The van der Waals surface area contributed by atoms with Gasteiger partial charge in [0, 0.05) is 18.5 Å². The van der Waals surface area contributed by atoms with Crippen LogP contribution in [0.3, 0.4) is 0 Å². The second-order valence-electron chi connectivity index (χ2n) is 4.13. The molecule has 0 aromatic carbocycles. The molecular weight excluding hydrogens is 236 g/mol. The molecule has 0 aliphatic rings. The van der Waals surface area contributed by atoms with Crippen molar-refractivity contribution in [2.75, 3.05) is 13.2 Å². The minimum absolute atomic E-state index is 0.00619. The predicted molar refractivity (Wildman–Crippen MR) is 69.0 cm³/mol. The number of aromatic nitrogens is 1. The zero-order chi connectivity index (χ0) is 12.7. The van der Waals surface area contributed by atoms with E-state index in [-0.39, 0.29) is 12.5 Å². The van der Waals surface area contributed by atoms with E-state index in [1.165, 1.54) is 0 Å². The van der Waals surface area contributed by atoms with E-state index in [0.717, 1.165) is 23.5 Å². The van der Waals surface area contributed by atoms with Gasteiger partial charge in [0.2, 0.25) is 5.91 Å². The number of aliphatic hydroxyl groups is 1. The summed E-state index contributed by atoms with van der Waals surface area (Å²) in [6.07, 6.45) is 2.06. The Morgan fingerprint density at radius 2 is 2.41 bits per heavy atom. The quantitative estimate of drug-likeness (QED) is 0.777. The predicted octanol–water partition coefficient (Wildman–Crippen LogP) is 1.52. The number of hydrogen-bond acceptors (Lipinski definition) is 4. The SMILES string of the molecule is CCC(CCO)CNC(=O)Cc1csc(C)n1. The fraction of sp³-hybridized carbons (Fsp3) is 0.667. The average Bonchev–Trinajstić information content (AvgIpc) is 2.70. The van der Waals surface area contributed by atoms with Crippen LogP contribution in [0.1, 0.15) is 30.5 Å². The minimum atomic E-state index is 0.00619. The number of thiazole rings is 1. The molecule has 1 rings (SSSR count). The lowest BCUT2D eigenvalue weighted by Gasteiger charge is -2.13. The zero-order valence-electron chi connectivity index (χ0n) is 10.4. The van der Waals surface area contributed by atoms with Crippen LogP contribution < -0.4 is 5.32 Å². The Morgan fingerprint density at radius 1 is 1.65 bits per heavy atom. The van der Waals surface area contributed by atoms with Crippen molar-refractivity contribution < 1.29 is 9.90 Å². The second kappa shape index (κ2) is 7.40. The Morgan fingerprint density at radius 3 is 2.94 bits per heavy atom. The van der Waals surface area contributed by atoms with Crippen LogP contribution in [0.5, 0.6) is 0 Å². The van der Waals surface area contributed by atoms with Gasteiger partial charge in [-0.1, -0.05) is 13.3 Å². The van der Waals surface area contributed by atoms with Crippen LogP contribution in [0.25, 0.3) is 0 Å². The summed E-state index contributed by atoms with van der Waals surface area (Å²) in [4.78, 5) is 15.9. The highest BCUT2D eigenvalue weighted by Gasteiger charge is 2.09. The Hall–Kier alpha value is -0.940. The van der Waals surface area contributed by atoms with E-state index in [4.69, 9.17) is 5.11 Å². The van der Waals surface area contributed by atoms with Crippen LogP contribution in [0.4, 0.5) is 0 Å². The highest BCUT2D eigenvalue weighted by atomic mass is 32.1. The lowest BCUT2D eigenvalue weighted by atomic mass is 10.0. The van der Waals surface area contributed by atoms with Crippen molar-refractivity contribution in [3.63, 3.8) is 0 Å². The topological polar surface area (TPSA) is 62.2 Å². The van der Waals surface area contributed by atoms with Crippen molar-refractivity contribution >= 4 is 17.2 Å². The summed E-state index contributed by atoms with van der Waals surface area (Å²) in [5.74, 6) is 0.368. The number of hydrogen-bond donors (Lipinski definition) is 2. The smallest absolute Gasteiger partial charge is 0.226 e. The van der Waals surface area contributed by atoms with Gasteiger partial charge in [-0.2, -0.15) is 0 Å². The molecule has 5 heteroatoms. The number of carbonyl (C=O) groups excluding carboxylic acids is 1. The fourth-order valence-corrected chi connectivity index (χ4v) is 2.22. The third-order valence-electron chi connectivity index (χ3n) is 2.71. The molecular formula is C12H20N2O2S. The molecule has 96 valence electrons. The third-order valence-corrected chi connectivity index (χ3v) is 3.53. The number of rotatable bonds is 7. The van der Waals surface area contributed by atoms with Gasteiger partial charge in [0.15, 0.2) is 0 Å². The van der Waals surface area contributed by atoms with E-state index >= 15 is 0 Å². The highest BCUT2D eigenvalue weighted by Crippen LogP contribution is 2.09. The Balaban J connectivity index is 2.29. The molecule has 0 spiro atoms. The summed E-state index contributed by atoms with van der Waals surface area (Å²) in [6, 6.07) is 0. The summed E-state index contributed by atoms with van der Waals surface area (Å²) in [5.41, 5.74) is 0.834. The van der Waals surface area contributed by atoms with Gasteiger partial charge in [-0.05, 0) is 19.3 Å². The van der Waals surface area contributed by atoms with Crippen LogP contribution in [0.15, 0.2) is 5.38 Å². The van der Waals surface area contributed by atoms with Gasteiger partial charge in [0.05, 0.1) is 17.1 Å². The molecule has 0 radical (unpaired) electrons. The van der Waals surface area contributed by atoms with Crippen molar-refractivity contribution in [2.24, 2.45) is 5.92 Å². The fourth-order valence-electron chi connectivity index (χ4n) is 1.61. The first-order valence-corrected chi connectivity index (χ1v) is 6.82. The number of carbonyl (C=O) groups is 1. The second-order valence-corrected chi connectivity index (χ2v) is 5.19. The number of nitrogens with zero attached hydrogens (tertiary/aromatic N) is 1. The molecule has 0 fully saturated rings. The molecule has 1 amide bonds. The minimum Gasteiger partial charge on any atom is -0.396 e. The maximum atomic E-state index is 11.6. The van der Waals surface area contributed by atoms with E-state index in [2.05, 4.69) is 17.2 Å². The Kier molecular flexibility index (Phi) is 6.15. The monoisotopic (exact) mass is 256 g/mol. The summed E-state index contributed by atoms with van der Waals surface area (Å²) in [6.45, 7) is 4.81. The number of amides is 1. The van der Waals surface area contributed by atoms with Crippen LogP contribution in [0.2, 0.25) is 0 Å². The molecule has 1 atom stereocenters. The standard InChI is InChI=1S/C12H20N2O2S/c1-3-10(4-5-15)7-13-12(16)6-11-8-17-9(2)14-11/h8,10,15H,3-7H2,1-2H3,(H,13,16). The molecule has 1 aromatic rings. The van der Waals surface area contributed by atoms with Crippen LogP contribution >= 0.6 is 11.3 Å². The molecule has 0 aliphatic carbocycles. The molecule has 1 unspecified atom stereocenters. The summed E-state index contributed by atoms with van der Waals surface area (Å²) in [5, 5.41) is 14.6. The Labute approximate surface area is 106 Å². The maximum Gasteiger partial charge on any atom is 0.226 e. The molecule has 1 aromatic heterocycles. The molecule has 0 bridgehead atoms. The number of aryl methyl sites for hydroxylation is 1. The van der Waals surface area contributed by atoms with Gasteiger partial charge in [-0.15, -0.1) is 11.3 Å². The zero-order valence-corrected chi connectivity index (χ0v) is 11.2. The van der Waals surface area contributed by atoms with Crippen molar-refractivity contribution in [3.8, 4) is 0 Å². The molecule has 4 nitrogen and oxygen atoms in total. The maximum absolute atomic E-state index is 11.6. The van der Waals surface area contributed by atoms with E-state index < -0.39 is 0 Å². The molecule has 1 heterocycles. The van der Waals surface area contributed by atoms with E-state index in [9.17, 15) is 4.79 Å². The van der Waals surface area contributed by atoms with Gasteiger partial charge < -0.3 is 10.4 Å². The summed E-state index contributed by atoms with van der Waals surface area (Å²) >= 11 is 1.56. The van der Waals surface area contributed by atoms with Gasteiger partial charge in [0.1, 0.15) is 0 Å². The van der Waals surface area contributed by atoms with E-state index in [1.807, 2.05) is 12.3 Å². The van der Waals surface area contributed by atoms with Gasteiger partial charge >= 0.3 is 0 Å². The van der Waals surface area contributed by atoms with E-state index in [0.29, 0.717) is 18.9 Å². The van der Waals surface area contributed by atoms with Crippen molar-refractivity contribution in [3.05, 3.63) is 16.1 Å². The molecule has 0 saturated heterocycles. The molecule has 0 saturated carbocycles. The van der Waals surface area contributed by atoms with E-state index in [1.54, 1.807) is 11.3 Å². The third kappa shape index (κ3) is 5.28. The normalized spacial score (nSPS) is 12.4. The van der Waals surface area contributed by atoms with Gasteiger partial charge in [-0.25, -0.2) is 4.98 Å². The molecule has 0 aliphatic heterocycles. The highest BCUT2D eigenvalue weighted by molar-refractivity contribution is 7.09. The van der Waals surface area contributed by atoms with Crippen molar-refractivity contribution in [1.82, 2.24) is 10.3 Å². The van der Waals surface area contributed by atoms with Crippen molar-refractivity contribution in [2.45, 2.75) is 33.1 Å². The summed E-state index contributed by atoms with van der Waals surface area (Å²) in [7, 11) is 0. The first-order chi connectivity index (χ1) is 8.15. The lowest BCUT2D eigenvalue weighted by molar-refractivity contribution is -0.120. The van der Waals surface area contributed by atoms with Crippen LogP contribution in [-0.2, 0) is 11.2 Å². The van der Waals surface area contributed by atoms with Crippen LogP contribution in [0, 0.1) is 12.8 Å². The Bertz CT molecular complexity index is 352. The summed E-state index contributed by atoms with van der Waals surface area (Å²) < 4.78 is 0. The van der Waals surface area contributed by atoms with Crippen molar-refractivity contribution in [1.29, 1.82) is 0 Å². The number of nitrogens with one attached hydrogen (secondary N) is 1. The lowest BCUT2D eigenvalue weighted by Crippen LogP contribution is -2.30. The molecule has 2 N–H and O–H groups in total. The van der Waals surface area contributed by atoms with Gasteiger partial charge in [0.25, 0.3) is 0 Å². The first-order valence-electron chi connectivity index (χ1n) is 5.94. The number of aliphatic hydroxyl groups excluding tert-OH is 1. The van der Waals surface area contributed by atoms with Crippen LogP contribution in [-0.4, -0.2) is 29.1 Å².